The van der Waals surface area contributed by atoms with Gasteiger partial charge in [0.15, 0.2) is 0 Å². The number of benzene rings is 1. The zero-order valence-corrected chi connectivity index (χ0v) is 12.9. The molecule has 1 saturated heterocycles. The van der Waals surface area contributed by atoms with Gasteiger partial charge in [-0.05, 0) is 58.2 Å². The Hall–Kier alpha value is -1.02. The topological polar surface area (TPSA) is 15.3 Å². The quantitative estimate of drug-likeness (QED) is 0.889. The Labute approximate surface area is 118 Å². The molecule has 1 aromatic carbocycles. The van der Waals surface area contributed by atoms with Gasteiger partial charge >= 0.3 is 0 Å². The van der Waals surface area contributed by atoms with Gasteiger partial charge in [0.25, 0.3) is 0 Å². The van der Waals surface area contributed by atoms with Gasteiger partial charge in [-0.2, -0.15) is 0 Å². The highest BCUT2D eigenvalue weighted by Crippen LogP contribution is 2.28. The van der Waals surface area contributed by atoms with Crippen LogP contribution in [0.3, 0.4) is 0 Å². The number of aryl methyl sites for hydroxylation is 2. The molecule has 1 heterocycles. The lowest BCUT2D eigenvalue weighted by molar-refractivity contribution is 0.368. The van der Waals surface area contributed by atoms with E-state index in [0.717, 1.165) is 6.54 Å². The monoisotopic (exact) mass is 260 g/mol. The van der Waals surface area contributed by atoms with E-state index in [1.165, 1.54) is 42.6 Å². The SMILES string of the molecule is CCCNC1CCN(c2ccc(C)cc2C)C(C)C1. The molecule has 1 fully saturated rings. The molecule has 1 aliphatic rings. The molecular weight excluding hydrogens is 232 g/mol. The highest BCUT2D eigenvalue weighted by molar-refractivity contribution is 5.55. The van der Waals surface area contributed by atoms with E-state index >= 15 is 0 Å². The summed E-state index contributed by atoms with van der Waals surface area (Å²) in [5.41, 5.74) is 4.19. The maximum absolute atomic E-state index is 3.67. The van der Waals surface area contributed by atoms with Gasteiger partial charge in [0.1, 0.15) is 0 Å². The van der Waals surface area contributed by atoms with Gasteiger partial charge in [0.2, 0.25) is 0 Å². The number of hydrogen-bond acceptors (Lipinski definition) is 2. The molecule has 1 aromatic rings. The standard InChI is InChI=1S/C17H28N2/c1-5-9-18-16-8-10-19(15(4)12-16)17-7-6-13(2)11-14(17)3/h6-7,11,15-16,18H,5,8-10,12H2,1-4H3. The van der Waals surface area contributed by atoms with Crippen molar-refractivity contribution in [2.45, 2.75) is 59.0 Å². The molecule has 0 bridgehead atoms. The molecule has 1 aliphatic heterocycles. The highest BCUT2D eigenvalue weighted by atomic mass is 15.2. The first-order chi connectivity index (χ1) is 9.11. The third-order valence-corrected chi connectivity index (χ3v) is 4.22. The summed E-state index contributed by atoms with van der Waals surface area (Å²) < 4.78 is 0. The normalized spacial score (nSPS) is 23.7. The second-order valence-electron chi connectivity index (χ2n) is 6.01. The van der Waals surface area contributed by atoms with Crippen LogP contribution in [0, 0.1) is 13.8 Å². The zero-order chi connectivity index (χ0) is 13.8. The van der Waals surface area contributed by atoms with Gasteiger partial charge in [-0.25, -0.2) is 0 Å². The first-order valence-corrected chi connectivity index (χ1v) is 7.69. The van der Waals surface area contributed by atoms with Crippen LogP contribution in [0.15, 0.2) is 18.2 Å². The van der Waals surface area contributed by atoms with Crippen molar-refractivity contribution in [1.82, 2.24) is 5.32 Å². The first kappa shape index (κ1) is 14.4. The van der Waals surface area contributed by atoms with Crippen LogP contribution in [0.5, 0.6) is 0 Å². The van der Waals surface area contributed by atoms with Gasteiger partial charge in [-0.15, -0.1) is 0 Å². The average Bonchev–Trinajstić information content (AvgIpc) is 2.37. The van der Waals surface area contributed by atoms with Crippen LogP contribution in [0.2, 0.25) is 0 Å². The van der Waals surface area contributed by atoms with Crippen LogP contribution in [-0.2, 0) is 0 Å². The third kappa shape index (κ3) is 3.50. The molecule has 2 heteroatoms. The lowest BCUT2D eigenvalue weighted by Gasteiger charge is -2.40. The molecular formula is C17H28N2. The minimum absolute atomic E-state index is 0.629. The van der Waals surface area contributed by atoms with Gasteiger partial charge in [-0.3, -0.25) is 0 Å². The Bertz CT molecular complexity index is 414. The van der Waals surface area contributed by atoms with Crippen LogP contribution in [0.1, 0.15) is 44.2 Å². The summed E-state index contributed by atoms with van der Waals surface area (Å²) >= 11 is 0. The fourth-order valence-electron chi connectivity index (χ4n) is 3.19. The number of rotatable bonds is 4. The molecule has 2 atom stereocenters. The summed E-state index contributed by atoms with van der Waals surface area (Å²) in [4.78, 5) is 2.58. The second-order valence-corrected chi connectivity index (χ2v) is 6.01. The molecule has 1 N–H and O–H groups in total. The lowest BCUT2D eigenvalue weighted by Crippen LogP contribution is -2.47. The Kier molecular flexibility index (Phi) is 4.87. The van der Waals surface area contributed by atoms with Crippen LogP contribution in [-0.4, -0.2) is 25.2 Å². The number of nitrogens with one attached hydrogen (secondary N) is 1. The Morgan fingerprint density at radius 3 is 2.74 bits per heavy atom. The lowest BCUT2D eigenvalue weighted by atomic mass is 9.96. The molecule has 19 heavy (non-hydrogen) atoms. The molecule has 0 aliphatic carbocycles. The summed E-state index contributed by atoms with van der Waals surface area (Å²) in [6.45, 7) is 11.3. The number of nitrogens with zero attached hydrogens (tertiary/aromatic N) is 1. The van der Waals surface area contributed by atoms with Crippen molar-refractivity contribution in [1.29, 1.82) is 0 Å². The predicted octanol–water partition coefficient (Wildman–Crippen LogP) is 3.66. The largest absolute Gasteiger partial charge is 0.368 e. The van der Waals surface area contributed by atoms with Gasteiger partial charge < -0.3 is 10.2 Å². The van der Waals surface area contributed by atoms with E-state index in [1.54, 1.807) is 0 Å². The molecule has 0 spiro atoms. The Balaban J connectivity index is 2.03. The molecule has 0 radical (unpaired) electrons. The Morgan fingerprint density at radius 2 is 2.11 bits per heavy atom. The molecule has 106 valence electrons. The molecule has 2 unspecified atom stereocenters. The van der Waals surface area contributed by atoms with Gasteiger partial charge in [-0.1, -0.05) is 24.6 Å². The van der Waals surface area contributed by atoms with E-state index in [4.69, 9.17) is 0 Å². The van der Waals surface area contributed by atoms with E-state index in [0.29, 0.717) is 12.1 Å². The smallest absolute Gasteiger partial charge is 0.0398 e. The molecule has 0 saturated carbocycles. The summed E-state index contributed by atoms with van der Waals surface area (Å²) in [6, 6.07) is 8.16. The van der Waals surface area contributed by atoms with Crippen molar-refractivity contribution in [3.63, 3.8) is 0 Å². The van der Waals surface area contributed by atoms with E-state index < -0.39 is 0 Å². The number of piperidine rings is 1. The fraction of sp³-hybridized carbons (Fsp3) is 0.647. The minimum Gasteiger partial charge on any atom is -0.368 e. The summed E-state index contributed by atoms with van der Waals surface area (Å²) in [5, 5.41) is 3.67. The average molecular weight is 260 g/mol. The van der Waals surface area contributed by atoms with E-state index in [9.17, 15) is 0 Å². The maximum atomic E-state index is 3.67. The summed E-state index contributed by atoms with van der Waals surface area (Å²) in [7, 11) is 0. The molecule has 0 aromatic heterocycles. The van der Waals surface area contributed by atoms with Crippen LogP contribution < -0.4 is 10.2 Å². The summed E-state index contributed by atoms with van der Waals surface area (Å²) in [5.74, 6) is 0. The number of hydrogen-bond donors (Lipinski definition) is 1. The van der Waals surface area contributed by atoms with Crippen LogP contribution in [0.4, 0.5) is 5.69 Å². The zero-order valence-electron chi connectivity index (χ0n) is 12.9. The molecule has 0 amide bonds. The fourth-order valence-corrected chi connectivity index (χ4v) is 3.19. The van der Waals surface area contributed by atoms with Crippen LogP contribution in [0.25, 0.3) is 0 Å². The van der Waals surface area contributed by atoms with Gasteiger partial charge in [0, 0.05) is 24.3 Å². The van der Waals surface area contributed by atoms with Crippen molar-refractivity contribution in [2.24, 2.45) is 0 Å². The van der Waals surface area contributed by atoms with Crippen LogP contribution >= 0.6 is 0 Å². The van der Waals surface area contributed by atoms with Crippen molar-refractivity contribution >= 4 is 5.69 Å². The maximum Gasteiger partial charge on any atom is 0.0398 e. The molecule has 2 nitrogen and oxygen atoms in total. The van der Waals surface area contributed by atoms with Crippen molar-refractivity contribution in [2.75, 3.05) is 18.0 Å². The number of anilines is 1. The van der Waals surface area contributed by atoms with E-state index in [-0.39, 0.29) is 0 Å². The minimum atomic E-state index is 0.629. The van der Waals surface area contributed by atoms with E-state index in [2.05, 4.69) is 56.1 Å². The summed E-state index contributed by atoms with van der Waals surface area (Å²) in [6.07, 6.45) is 3.75. The highest BCUT2D eigenvalue weighted by Gasteiger charge is 2.25. The first-order valence-electron chi connectivity index (χ1n) is 7.69. The van der Waals surface area contributed by atoms with Crippen molar-refractivity contribution < 1.29 is 0 Å². The Morgan fingerprint density at radius 1 is 1.32 bits per heavy atom. The molecule has 2 rings (SSSR count). The second kappa shape index (κ2) is 6.42. The van der Waals surface area contributed by atoms with Gasteiger partial charge in [0.05, 0.1) is 0 Å². The predicted molar refractivity (Wildman–Crippen MR) is 84.0 cm³/mol. The van der Waals surface area contributed by atoms with E-state index in [1.807, 2.05) is 0 Å². The van der Waals surface area contributed by atoms with Crippen molar-refractivity contribution in [3.8, 4) is 0 Å². The third-order valence-electron chi connectivity index (χ3n) is 4.22. The van der Waals surface area contributed by atoms with Crippen molar-refractivity contribution in [3.05, 3.63) is 29.3 Å².